The number of nitrogens with zero attached hydrogens (tertiary/aromatic N) is 1. The lowest BCUT2D eigenvalue weighted by Crippen LogP contribution is -2.18. The van der Waals surface area contributed by atoms with Crippen molar-refractivity contribution in [3.05, 3.63) is 0 Å². The molecule has 0 fully saturated rings. The third-order valence-corrected chi connectivity index (χ3v) is 1.51. The van der Waals surface area contributed by atoms with Gasteiger partial charge in [-0.3, -0.25) is 4.79 Å². The number of hydrogen-bond donors (Lipinski definition) is 1. The van der Waals surface area contributed by atoms with E-state index < -0.39 is 0 Å². The molecule has 0 aliphatic carbocycles. The van der Waals surface area contributed by atoms with Gasteiger partial charge >= 0.3 is 0 Å². The molecule has 0 saturated carbocycles. The first kappa shape index (κ1) is 10.1. The Morgan fingerprint density at radius 2 is 2.09 bits per heavy atom. The lowest BCUT2D eigenvalue weighted by molar-refractivity contribution is -0.120. The predicted molar refractivity (Wildman–Crippen MR) is 46.4 cm³/mol. The molecule has 1 N–H and O–H groups in total. The first-order valence-corrected chi connectivity index (χ1v) is 3.91. The molecule has 0 saturated heterocycles. The maximum atomic E-state index is 10.7. The average Bonchev–Trinajstić information content (AvgIpc) is 1.99. The zero-order chi connectivity index (χ0) is 8.85. The van der Waals surface area contributed by atoms with E-state index >= 15 is 0 Å². The van der Waals surface area contributed by atoms with E-state index in [1.165, 1.54) is 0 Å². The Kier molecular flexibility index (Phi) is 4.50. The molecule has 0 atom stereocenters. The molecule has 0 bridgehead atoms. The Hall–Kier alpha value is -0.860. The van der Waals surface area contributed by atoms with Crippen LogP contribution in [-0.4, -0.2) is 11.6 Å². The number of amides is 1. The van der Waals surface area contributed by atoms with Gasteiger partial charge in [-0.1, -0.05) is 20.8 Å². The third-order valence-electron chi connectivity index (χ3n) is 1.51. The Bertz CT molecular complexity index is 161. The van der Waals surface area contributed by atoms with Crippen LogP contribution in [0.25, 0.3) is 0 Å². The molecule has 64 valence electrons. The Balaban J connectivity index is 3.82. The number of hydrazone groups is 1. The molecule has 1 amide bonds. The second-order valence-electron chi connectivity index (χ2n) is 2.80. The number of nitrogens with one attached hydrogen (secondary N) is 1. The molecule has 0 rings (SSSR count). The molecule has 0 heterocycles. The lowest BCUT2D eigenvalue weighted by Gasteiger charge is -2.03. The molecule has 0 aromatic heterocycles. The van der Waals surface area contributed by atoms with Gasteiger partial charge in [0.05, 0.1) is 0 Å². The van der Waals surface area contributed by atoms with Gasteiger partial charge in [0.15, 0.2) is 0 Å². The van der Waals surface area contributed by atoms with Crippen molar-refractivity contribution in [1.82, 2.24) is 5.43 Å². The Morgan fingerprint density at radius 1 is 1.55 bits per heavy atom. The summed E-state index contributed by atoms with van der Waals surface area (Å²) in [6.07, 6.45) is 0.481. The fourth-order valence-electron chi connectivity index (χ4n) is 0.359. The van der Waals surface area contributed by atoms with Crippen LogP contribution in [0.2, 0.25) is 0 Å². The lowest BCUT2D eigenvalue weighted by atomic mass is 10.1. The van der Waals surface area contributed by atoms with Gasteiger partial charge in [-0.05, 0) is 12.8 Å². The maximum absolute atomic E-state index is 10.7. The van der Waals surface area contributed by atoms with Crippen molar-refractivity contribution >= 4 is 11.6 Å². The van der Waals surface area contributed by atoms with Crippen molar-refractivity contribution in [2.75, 3.05) is 0 Å². The first-order valence-electron chi connectivity index (χ1n) is 3.91. The van der Waals surface area contributed by atoms with Crippen molar-refractivity contribution in [2.45, 2.75) is 34.1 Å². The van der Waals surface area contributed by atoms with Crippen LogP contribution in [0.3, 0.4) is 0 Å². The summed E-state index contributed by atoms with van der Waals surface area (Å²) in [4.78, 5) is 10.7. The third kappa shape index (κ3) is 4.53. The topological polar surface area (TPSA) is 41.5 Å². The van der Waals surface area contributed by atoms with Crippen LogP contribution in [-0.2, 0) is 4.79 Å². The van der Waals surface area contributed by atoms with E-state index in [-0.39, 0.29) is 5.91 Å². The minimum Gasteiger partial charge on any atom is -0.273 e. The highest BCUT2D eigenvalue weighted by Crippen LogP contribution is 1.94. The molecular formula is C8H16N2O. The second kappa shape index (κ2) is 4.88. The summed E-state index contributed by atoms with van der Waals surface area (Å²) in [5.41, 5.74) is 3.41. The van der Waals surface area contributed by atoms with E-state index in [9.17, 15) is 4.79 Å². The molecule has 0 radical (unpaired) electrons. The van der Waals surface area contributed by atoms with Crippen LogP contribution in [0.1, 0.15) is 34.1 Å². The van der Waals surface area contributed by atoms with Gasteiger partial charge in [-0.2, -0.15) is 5.10 Å². The maximum Gasteiger partial charge on any atom is 0.239 e. The quantitative estimate of drug-likeness (QED) is 0.489. The summed E-state index contributed by atoms with van der Waals surface area (Å²) in [6.45, 7) is 7.78. The van der Waals surface area contributed by atoms with Crippen molar-refractivity contribution in [3.8, 4) is 0 Å². The molecule has 0 spiro atoms. The second-order valence-corrected chi connectivity index (χ2v) is 2.80. The van der Waals surface area contributed by atoms with Crippen molar-refractivity contribution < 1.29 is 4.79 Å². The fraction of sp³-hybridized carbons (Fsp3) is 0.750. The van der Waals surface area contributed by atoms with Crippen molar-refractivity contribution in [1.29, 1.82) is 0 Å². The van der Waals surface area contributed by atoms with Crippen molar-refractivity contribution in [2.24, 2.45) is 11.0 Å². The SMILES string of the molecule is CCC(=O)N/N=C(\C)C(C)C. The standard InChI is InChI=1S/C8H16N2O/c1-5-8(11)10-9-7(4)6(2)3/h6H,5H2,1-4H3,(H,10,11)/b9-7+. The van der Waals surface area contributed by atoms with E-state index in [4.69, 9.17) is 0 Å². The molecule has 3 nitrogen and oxygen atoms in total. The summed E-state index contributed by atoms with van der Waals surface area (Å²) in [5.74, 6) is 0.358. The zero-order valence-corrected chi connectivity index (χ0v) is 7.64. The van der Waals surface area contributed by atoms with Crippen LogP contribution in [0.4, 0.5) is 0 Å². The fourth-order valence-corrected chi connectivity index (χ4v) is 0.359. The number of carbonyl (C=O) groups is 1. The number of carbonyl (C=O) groups excluding carboxylic acids is 1. The van der Waals surface area contributed by atoms with E-state index in [1.54, 1.807) is 6.92 Å². The van der Waals surface area contributed by atoms with Gasteiger partial charge in [-0.25, -0.2) is 5.43 Å². The van der Waals surface area contributed by atoms with Crippen LogP contribution >= 0.6 is 0 Å². The van der Waals surface area contributed by atoms with Crippen molar-refractivity contribution in [3.63, 3.8) is 0 Å². The van der Waals surface area contributed by atoms with Gasteiger partial charge < -0.3 is 0 Å². The van der Waals surface area contributed by atoms with E-state index in [0.29, 0.717) is 12.3 Å². The smallest absolute Gasteiger partial charge is 0.239 e. The molecule has 0 aliphatic heterocycles. The largest absolute Gasteiger partial charge is 0.273 e. The van der Waals surface area contributed by atoms with Crippen LogP contribution in [0.5, 0.6) is 0 Å². The van der Waals surface area contributed by atoms with Crippen LogP contribution < -0.4 is 5.43 Å². The minimum absolute atomic E-state index is 0.0370. The Morgan fingerprint density at radius 3 is 2.45 bits per heavy atom. The molecule has 0 unspecified atom stereocenters. The number of hydrogen-bond acceptors (Lipinski definition) is 2. The Labute approximate surface area is 67.9 Å². The average molecular weight is 156 g/mol. The first-order chi connectivity index (χ1) is 5.07. The summed E-state index contributed by atoms with van der Waals surface area (Å²) in [6, 6.07) is 0. The highest BCUT2D eigenvalue weighted by atomic mass is 16.2. The molecular weight excluding hydrogens is 140 g/mol. The van der Waals surface area contributed by atoms with Gasteiger partial charge in [-0.15, -0.1) is 0 Å². The van der Waals surface area contributed by atoms with Crippen LogP contribution in [0.15, 0.2) is 5.10 Å². The van der Waals surface area contributed by atoms with E-state index in [2.05, 4.69) is 10.5 Å². The van der Waals surface area contributed by atoms with E-state index in [0.717, 1.165) is 5.71 Å². The summed E-state index contributed by atoms with van der Waals surface area (Å²) >= 11 is 0. The highest BCUT2D eigenvalue weighted by Gasteiger charge is 1.98. The zero-order valence-electron chi connectivity index (χ0n) is 7.64. The molecule has 11 heavy (non-hydrogen) atoms. The van der Waals surface area contributed by atoms with Crippen LogP contribution in [0, 0.1) is 5.92 Å². The number of rotatable bonds is 3. The van der Waals surface area contributed by atoms with Gasteiger partial charge in [0, 0.05) is 12.1 Å². The molecule has 0 aliphatic rings. The molecule has 0 aromatic rings. The summed E-state index contributed by atoms with van der Waals surface area (Å²) in [5, 5.41) is 3.91. The normalized spacial score (nSPS) is 11.9. The van der Waals surface area contributed by atoms with E-state index in [1.807, 2.05) is 20.8 Å². The van der Waals surface area contributed by atoms with Gasteiger partial charge in [0.2, 0.25) is 5.91 Å². The molecule has 3 heteroatoms. The van der Waals surface area contributed by atoms with Gasteiger partial charge in [0.1, 0.15) is 0 Å². The highest BCUT2D eigenvalue weighted by molar-refractivity contribution is 5.85. The molecule has 0 aromatic carbocycles. The van der Waals surface area contributed by atoms with Gasteiger partial charge in [0.25, 0.3) is 0 Å². The minimum atomic E-state index is -0.0370. The monoisotopic (exact) mass is 156 g/mol. The summed E-state index contributed by atoms with van der Waals surface area (Å²) in [7, 11) is 0. The summed E-state index contributed by atoms with van der Waals surface area (Å²) < 4.78 is 0. The predicted octanol–water partition coefficient (Wildman–Crippen LogP) is 1.54.